The molecule has 152 valence electrons. The third-order valence-electron chi connectivity index (χ3n) is 4.85. The Morgan fingerprint density at radius 1 is 1.04 bits per heavy atom. The molecule has 0 atom stereocenters. The fraction of sp³-hybridized carbons (Fsp3) is 0.409. The number of hydrogen-bond acceptors (Lipinski definition) is 2. The van der Waals surface area contributed by atoms with Crippen molar-refractivity contribution >= 4 is 29.9 Å². The fourth-order valence-corrected chi connectivity index (χ4v) is 3.35. The molecule has 0 radical (unpaired) electrons. The minimum absolute atomic E-state index is 0. The number of halogens is 2. The van der Waals surface area contributed by atoms with Crippen molar-refractivity contribution < 1.29 is 4.39 Å². The zero-order valence-corrected chi connectivity index (χ0v) is 18.7. The average molecular weight is 496 g/mol. The molecule has 0 amide bonds. The van der Waals surface area contributed by atoms with Crippen LogP contribution in [0, 0.1) is 5.82 Å². The zero-order chi connectivity index (χ0) is 18.9. The van der Waals surface area contributed by atoms with Gasteiger partial charge in [0.2, 0.25) is 0 Å². The summed E-state index contributed by atoms with van der Waals surface area (Å²) in [7, 11) is 0. The molecule has 2 N–H and O–H groups in total. The lowest BCUT2D eigenvalue weighted by Gasteiger charge is -2.33. The number of piperidine rings is 1. The van der Waals surface area contributed by atoms with Crippen molar-refractivity contribution in [2.45, 2.75) is 38.9 Å². The van der Waals surface area contributed by atoms with Crippen LogP contribution in [-0.2, 0) is 13.1 Å². The van der Waals surface area contributed by atoms with Crippen LogP contribution >= 0.6 is 24.0 Å². The van der Waals surface area contributed by atoms with Gasteiger partial charge in [0.1, 0.15) is 5.82 Å². The Morgan fingerprint density at radius 3 is 2.36 bits per heavy atom. The van der Waals surface area contributed by atoms with E-state index in [2.05, 4.69) is 57.8 Å². The average Bonchev–Trinajstić information content (AvgIpc) is 2.70. The lowest BCUT2D eigenvalue weighted by atomic mass is 10.0. The van der Waals surface area contributed by atoms with Crippen LogP contribution in [0.5, 0.6) is 0 Å². The molecule has 0 saturated carbocycles. The molecule has 0 bridgehead atoms. The van der Waals surface area contributed by atoms with Gasteiger partial charge in [-0.25, -0.2) is 9.38 Å². The van der Waals surface area contributed by atoms with E-state index in [1.54, 1.807) is 12.1 Å². The van der Waals surface area contributed by atoms with Crippen LogP contribution in [0.15, 0.2) is 59.6 Å². The summed E-state index contributed by atoms with van der Waals surface area (Å²) in [6.45, 7) is 6.63. The number of guanidine groups is 1. The van der Waals surface area contributed by atoms with Gasteiger partial charge in [0.25, 0.3) is 0 Å². The monoisotopic (exact) mass is 496 g/mol. The standard InChI is InChI=1S/C22H29FN4.HI/c1-2-24-22(25-16-18-8-10-20(23)11-9-18)26-21-12-14-27(15-13-21)17-19-6-4-3-5-7-19;/h3-11,21H,2,12-17H2,1H3,(H2,24,25,26);1H. The number of nitrogens with zero attached hydrogens (tertiary/aromatic N) is 2. The summed E-state index contributed by atoms with van der Waals surface area (Å²) < 4.78 is 13.0. The normalized spacial score (nSPS) is 15.7. The molecule has 4 nitrogen and oxygen atoms in total. The van der Waals surface area contributed by atoms with Crippen LogP contribution in [0.4, 0.5) is 4.39 Å². The Balaban J connectivity index is 0.00000280. The Bertz CT molecular complexity index is 713. The molecule has 0 spiro atoms. The summed E-state index contributed by atoms with van der Waals surface area (Å²) in [6, 6.07) is 17.6. The number of benzene rings is 2. The largest absolute Gasteiger partial charge is 0.357 e. The summed E-state index contributed by atoms with van der Waals surface area (Å²) in [4.78, 5) is 7.16. The van der Waals surface area contributed by atoms with E-state index in [4.69, 9.17) is 0 Å². The highest BCUT2D eigenvalue weighted by Crippen LogP contribution is 2.14. The number of aliphatic imine (C=N–C) groups is 1. The Morgan fingerprint density at radius 2 is 1.71 bits per heavy atom. The summed E-state index contributed by atoms with van der Waals surface area (Å²) in [5.41, 5.74) is 2.38. The van der Waals surface area contributed by atoms with E-state index < -0.39 is 0 Å². The summed E-state index contributed by atoms with van der Waals surface area (Å²) in [5.74, 6) is 0.623. The maximum Gasteiger partial charge on any atom is 0.191 e. The lowest BCUT2D eigenvalue weighted by Crippen LogP contribution is -2.48. The van der Waals surface area contributed by atoms with Crippen molar-refractivity contribution in [2.75, 3.05) is 19.6 Å². The van der Waals surface area contributed by atoms with Crippen LogP contribution in [0.25, 0.3) is 0 Å². The molecule has 28 heavy (non-hydrogen) atoms. The van der Waals surface area contributed by atoms with Gasteiger partial charge in [-0.3, -0.25) is 4.90 Å². The van der Waals surface area contributed by atoms with Gasteiger partial charge in [0.05, 0.1) is 6.54 Å². The SMILES string of the molecule is CCNC(=NCc1ccc(F)cc1)NC1CCN(Cc2ccccc2)CC1.I. The maximum atomic E-state index is 13.0. The number of hydrogen-bond donors (Lipinski definition) is 2. The number of likely N-dealkylation sites (tertiary alicyclic amines) is 1. The first-order valence-corrected chi connectivity index (χ1v) is 9.78. The van der Waals surface area contributed by atoms with Crippen molar-refractivity contribution in [2.24, 2.45) is 4.99 Å². The summed E-state index contributed by atoms with van der Waals surface area (Å²) in [6.07, 6.45) is 2.21. The molecule has 1 heterocycles. The van der Waals surface area contributed by atoms with Crippen molar-refractivity contribution in [3.63, 3.8) is 0 Å². The highest BCUT2D eigenvalue weighted by atomic mass is 127. The first-order valence-electron chi connectivity index (χ1n) is 9.78. The lowest BCUT2D eigenvalue weighted by molar-refractivity contribution is 0.198. The Kier molecular flexibility index (Phi) is 9.70. The minimum Gasteiger partial charge on any atom is -0.357 e. The molecular weight excluding hydrogens is 466 g/mol. The van der Waals surface area contributed by atoms with Crippen LogP contribution in [0.2, 0.25) is 0 Å². The van der Waals surface area contributed by atoms with Crippen molar-refractivity contribution in [3.05, 3.63) is 71.5 Å². The molecule has 2 aromatic rings. The second kappa shape index (κ2) is 12.0. The van der Waals surface area contributed by atoms with Crippen LogP contribution < -0.4 is 10.6 Å². The molecule has 2 aromatic carbocycles. The van der Waals surface area contributed by atoms with Gasteiger partial charge < -0.3 is 10.6 Å². The summed E-state index contributed by atoms with van der Waals surface area (Å²) >= 11 is 0. The molecule has 3 rings (SSSR count). The first-order chi connectivity index (χ1) is 13.2. The van der Waals surface area contributed by atoms with Gasteiger partial charge >= 0.3 is 0 Å². The van der Waals surface area contributed by atoms with Crippen LogP contribution in [-0.4, -0.2) is 36.5 Å². The molecule has 1 aliphatic heterocycles. The van der Waals surface area contributed by atoms with E-state index in [-0.39, 0.29) is 29.8 Å². The fourth-order valence-electron chi connectivity index (χ4n) is 3.35. The molecule has 1 saturated heterocycles. The van der Waals surface area contributed by atoms with Crippen LogP contribution in [0.1, 0.15) is 30.9 Å². The second-order valence-corrected chi connectivity index (χ2v) is 7.00. The Labute approximate surface area is 184 Å². The molecule has 0 unspecified atom stereocenters. The predicted molar refractivity (Wildman–Crippen MR) is 125 cm³/mol. The van der Waals surface area contributed by atoms with Gasteiger partial charge in [-0.2, -0.15) is 0 Å². The highest BCUT2D eigenvalue weighted by molar-refractivity contribution is 14.0. The summed E-state index contributed by atoms with van der Waals surface area (Å²) in [5, 5.41) is 6.87. The van der Waals surface area contributed by atoms with Gasteiger partial charge in [0, 0.05) is 32.2 Å². The van der Waals surface area contributed by atoms with E-state index in [0.717, 1.165) is 50.5 Å². The van der Waals surface area contributed by atoms with E-state index in [1.165, 1.54) is 17.7 Å². The molecule has 1 aliphatic rings. The minimum atomic E-state index is -0.213. The maximum absolute atomic E-state index is 13.0. The van der Waals surface area contributed by atoms with Crippen molar-refractivity contribution in [3.8, 4) is 0 Å². The molecular formula is C22H30FIN4. The van der Waals surface area contributed by atoms with E-state index in [9.17, 15) is 4.39 Å². The third-order valence-corrected chi connectivity index (χ3v) is 4.85. The quantitative estimate of drug-likeness (QED) is 0.359. The molecule has 6 heteroatoms. The van der Waals surface area contributed by atoms with Gasteiger partial charge in [-0.05, 0) is 43.0 Å². The smallest absolute Gasteiger partial charge is 0.191 e. The predicted octanol–water partition coefficient (Wildman–Crippen LogP) is 4.16. The third kappa shape index (κ3) is 7.39. The van der Waals surface area contributed by atoms with E-state index in [0.29, 0.717) is 12.6 Å². The molecule has 1 fully saturated rings. The number of rotatable bonds is 6. The highest BCUT2D eigenvalue weighted by Gasteiger charge is 2.20. The number of nitrogens with one attached hydrogen (secondary N) is 2. The molecule has 0 aliphatic carbocycles. The van der Waals surface area contributed by atoms with Gasteiger partial charge in [0.15, 0.2) is 5.96 Å². The van der Waals surface area contributed by atoms with Crippen molar-refractivity contribution in [1.82, 2.24) is 15.5 Å². The van der Waals surface area contributed by atoms with Crippen LogP contribution in [0.3, 0.4) is 0 Å². The molecule has 0 aromatic heterocycles. The van der Waals surface area contributed by atoms with E-state index >= 15 is 0 Å². The van der Waals surface area contributed by atoms with E-state index in [1.807, 2.05) is 0 Å². The van der Waals surface area contributed by atoms with Crippen molar-refractivity contribution in [1.29, 1.82) is 0 Å². The van der Waals surface area contributed by atoms with Gasteiger partial charge in [-0.15, -0.1) is 24.0 Å². The Hall–Kier alpha value is -1.67. The second-order valence-electron chi connectivity index (χ2n) is 7.00. The zero-order valence-electron chi connectivity index (χ0n) is 16.4. The topological polar surface area (TPSA) is 39.7 Å². The van der Waals surface area contributed by atoms with Gasteiger partial charge in [-0.1, -0.05) is 42.5 Å². The first kappa shape index (κ1) is 22.6.